The Kier molecular flexibility index (Phi) is 2.65. The molecule has 0 spiro atoms. The van der Waals surface area contributed by atoms with Crippen molar-refractivity contribution in [3.05, 3.63) is 29.6 Å². The summed E-state index contributed by atoms with van der Waals surface area (Å²) in [5.41, 5.74) is 2.21. The van der Waals surface area contributed by atoms with Crippen molar-refractivity contribution in [3.63, 3.8) is 0 Å². The van der Waals surface area contributed by atoms with E-state index in [2.05, 4.69) is 22.4 Å². The molecule has 3 heteroatoms. The molecule has 2 bridgehead atoms. The smallest absolute Gasteiger partial charge is 0.0733 e. The lowest BCUT2D eigenvalue weighted by Gasteiger charge is -2.19. The molecule has 2 fully saturated rings. The van der Waals surface area contributed by atoms with Gasteiger partial charge in [0.2, 0.25) is 0 Å². The summed E-state index contributed by atoms with van der Waals surface area (Å²) in [6.45, 7) is 2.89. The van der Waals surface area contributed by atoms with Crippen molar-refractivity contribution in [1.29, 1.82) is 0 Å². The molecular formula is C13H18N2O. The predicted octanol–water partition coefficient (Wildman–Crippen LogP) is 1.80. The van der Waals surface area contributed by atoms with Crippen molar-refractivity contribution in [2.24, 2.45) is 0 Å². The van der Waals surface area contributed by atoms with E-state index in [1.54, 1.807) is 0 Å². The lowest BCUT2D eigenvalue weighted by Crippen LogP contribution is -2.37. The highest BCUT2D eigenvalue weighted by Crippen LogP contribution is 2.34. The topological polar surface area (TPSA) is 34.1 Å². The molecule has 3 atom stereocenters. The number of hydrogen-bond donors (Lipinski definition) is 1. The highest BCUT2D eigenvalue weighted by Gasteiger charge is 2.40. The number of aryl methyl sites for hydroxylation is 1. The molecule has 16 heavy (non-hydrogen) atoms. The number of nitrogens with one attached hydrogen (secondary N) is 1. The number of aromatic nitrogens is 1. The highest BCUT2D eigenvalue weighted by molar-refractivity contribution is 5.10. The van der Waals surface area contributed by atoms with Crippen LogP contribution in [0.25, 0.3) is 0 Å². The van der Waals surface area contributed by atoms with Crippen LogP contribution in [-0.2, 0) is 11.3 Å². The summed E-state index contributed by atoms with van der Waals surface area (Å²) in [5.74, 6) is 0. The van der Waals surface area contributed by atoms with E-state index in [9.17, 15) is 0 Å². The Hall–Kier alpha value is -0.930. The molecule has 2 aliphatic heterocycles. The van der Waals surface area contributed by atoms with Crippen molar-refractivity contribution < 1.29 is 4.74 Å². The van der Waals surface area contributed by atoms with E-state index >= 15 is 0 Å². The van der Waals surface area contributed by atoms with Crippen LogP contribution in [0.5, 0.6) is 0 Å². The van der Waals surface area contributed by atoms with Crippen LogP contribution in [0.1, 0.15) is 30.7 Å². The van der Waals surface area contributed by atoms with E-state index in [0.717, 1.165) is 17.9 Å². The number of fused-ring (bicyclic) bond motifs is 2. The van der Waals surface area contributed by atoms with Crippen LogP contribution in [0.2, 0.25) is 0 Å². The van der Waals surface area contributed by atoms with Gasteiger partial charge in [-0.25, -0.2) is 0 Å². The molecule has 3 rings (SSSR count). The fourth-order valence-corrected chi connectivity index (χ4v) is 2.79. The Morgan fingerprint density at radius 3 is 3.06 bits per heavy atom. The molecule has 3 unspecified atom stereocenters. The maximum Gasteiger partial charge on any atom is 0.0733 e. The van der Waals surface area contributed by atoms with Gasteiger partial charge in [-0.05, 0) is 38.3 Å². The van der Waals surface area contributed by atoms with Gasteiger partial charge in [0.15, 0.2) is 0 Å². The molecule has 0 aromatic carbocycles. The fourth-order valence-electron chi connectivity index (χ4n) is 2.79. The highest BCUT2D eigenvalue weighted by atomic mass is 16.5. The van der Waals surface area contributed by atoms with Crippen LogP contribution < -0.4 is 5.32 Å². The van der Waals surface area contributed by atoms with E-state index in [0.29, 0.717) is 18.2 Å². The first-order valence-corrected chi connectivity index (χ1v) is 6.12. The summed E-state index contributed by atoms with van der Waals surface area (Å²) < 4.78 is 5.81. The van der Waals surface area contributed by atoms with Gasteiger partial charge < -0.3 is 10.1 Å². The van der Waals surface area contributed by atoms with Gasteiger partial charge >= 0.3 is 0 Å². The Morgan fingerprint density at radius 1 is 1.44 bits per heavy atom. The molecule has 2 aliphatic rings. The first-order chi connectivity index (χ1) is 7.81. The predicted molar refractivity (Wildman–Crippen MR) is 62.1 cm³/mol. The quantitative estimate of drug-likeness (QED) is 0.840. The minimum Gasteiger partial charge on any atom is -0.373 e. The summed E-state index contributed by atoms with van der Waals surface area (Å²) in [4.78, 5) is 4.49. The minimum atomic E-state index is 0.454. The Bertz CT molecular complexity index is 380. The van der Waals surface area contributed by atoms with Crippen LogP contribution >= 0.6 is 0 Å². The third kappa shape index (κ3) is 1.97. The SMILES string of the molecule is Cc1cccc(CNC2CC3CCC2O3)n1. The zero-order chi connectivity index (χ0) is 11.0. The van der Waals surface area contributed by atoms with Gasteiger partial charge in [0.05, 0.1) is 17.9 Å². The molecule has 1 N–H and O–H groups in total. The zero-order valence-electron chi connectivity index (χ0n) is 9.65. The maximum atomic E-state index is 5.81. The molecule has 3 heterocycles. The fraction of sp³-hybridized carbons (Fsp3) is 0.615. The summed E-state index contributed by atoms with van der Waals surface area (Å²) in [6, 6.07) is 6.72. The second kappa shape index (κ2) is 4.15. The number of ether oxygens (including phenoxy) is 1. The van der Waals surface area contributed by atoms with Crippen molar-refractivity contribution in [2.75, 3.05) is 0 Å². The van der Waals surface area contributed by atoms with Gasteiger partial charge in [0, 0.05) is 18.3 Å². The second-order valence-corrected chi connectivity index (χ2v) is 4.87. The van der Waals surface area contributed by atoms with E-state index in [4.69, 9.17) is 4.74 Å². The molecule has 0 aliphatic carbocycles. The minimum absolute atomic E-state index is 0.454. The summed E-state index contributed by atoms with van der Waals surface area (Å²) >= 11 is 0. The van der Waals surface area contributed by atoms with Crippen molar-refractivity contribution in [3.8, 4) is 0 Å². The molecule has 1 aromatic heterocycles. The lowest BCUT2D eigenvalue weighted by molar-refractivity contribution is 0.0972. The van der Waals surface area contributed by atoms with Gasteiger partial charge in [0.25, 0.3) is 0 Å². The van der Waals surface area contributed by atoms with E-state index in [-0.39, 0.29) is 0 Å². The van der Waals surface area contributed by atoms with Crippen LogP contribution in [0.3, 0.4) is 0 Å². The number of nitrogens with zero attached hydrogens (tertiary/aromatic N) is 1. The molecule has 3 nitrogen and oxygen atoms in total. The van der Waals surface area contributed by atoms with Crippen LogP contribution in [0, 0.1) is 6.92 Å². The average Bonchev–Trinajstić information content (AvgIpc) is 2.88. The van der Waals surface area contributed by atoms with E-state index < -0.39 is 0 Å². The average molecular weight is 218 g/mol. The Balaban J connectivity index is 1.57. The van der Waals surface area contributed by atoms with Gasteiger partial charge in [-0.3, -0.25) is 4.98 Å². The molecule has 1 aromatic rings. The normalized spacial score (nSPS) is 32.2. The van der Waals surface area contributed by atoms with Gasteiger partial charge in [-0.2, -0.15) is 0 Å². The summed E-state index contributed by atoms with van der Waals surface area (Å²) in [5, 5.41) is 3.57. The number of hydrogen-bond acceptors (Lipinski definition) is 3. The Labute approximate surface area is 96.2 Å². The van der Waals surface area contributed by atoms with Crippen molar-refractivity contribution in [1.82, 2.24) is 10.3 Å². The van der Waals surface area contributed by atoms with Crippen LogP contribution in [0.4, 0.5) is 0 Å². The largest absolute Gasteiger partial charge is 0.373 e. The maximum absolute atomic E-state index is 5.81. The molecule has 0 amide bonds. The summed E-state index contributed by atoms with van der Waals surface area (Å²) in [7, 11) is 0. The van der Waals surface area contributed by atoms with Crippen molar-refractivity contribution >= 4 is 0 Å². The van der Waals surface area contributed by atoms with Crippen molar-refractivity contribution in [2.45, 2.75) is 51.0 Å². The monoisotopic (exact) mass is 218 g/mol. The van der Waals surface area contributed by atoms with E-state index in [1.807, 2.05) is 13.0 Å². The van der Waals surface area contributed by atoms with Gasteiger partial charge in [0.1, 0.15) is 0 Å². The number of rotatable bonds is 3. The standard InChI is InChI=1S/C13H18N2O/c1-9-3-2-4-10(15-9)8-14-12-7-11-5-6-13(12)16-11/h2-4,11-14H,5-8H2,1H3. The summed E-state index contributed by atoms with van der Waals surface area (Å²) in [6.07, 6.45) is 4.63. The molecule has 0 saturated carbocycles. The van der Waals surface area contributed by atoms with Crippen LogP contribution in [0.15, 0.2) is 18.2 Å². The lowest BCUT2D eigenvalue weighted by atomic mass is 9.95. The first kappa shape index (κ1) is 10.2. The molecule has 0 radical (unpaired) electrons. The first-order valence-electron chi connectivity index (χ1n) is 6.12. The molecule has 86 valence electrons. The second-order valence-electron chi connectivity index (χ2n) is 4.87. The zero-order valence-corrected chi connectivity index (χ0v) is 9.65. The third-order valence-corrected chi connectivity index (χ3v) is 3.60. The van der Waals surface area contributed by atoms with Crippen LogP contribution in [-0.4, -0.2) is 23.2 Å². The van der Waals surface area contributed by atoms with E-state index in [1.165, 1.54) is 19.3 Å². The molecular weight excluding hydrogens is 200 g/mol. The van der Waals surface area contributed by atoms with Gasteiger partial charge in [-0.15, -0.1) is 0 Å². The molecule has 2 saturated heterocycles. The van der Waals surface area contributed by atoms with Gasteiger partial charge in [-0.1, -0.05) is 6.07 Å². The number of pyridine rings is 1. The third-order valence-electron chi connectivity index (χ3n) is 3.60. The Morgan fingerprint density at radius 2 is 2.38 bits per heavy atom.